The molecule has 0 atom stereocenters. The van der Waals surface area contributed by atoms with E-state index in [4.69, 9.17) is 9.05 Å². The molecule has 0 radical (unpaired) electrons. The third-order valence-electron chi connectivity index (χ3n) is 2.42. The van der Waals surface area contributed by atoms with Crippen molar-refractivity contribution >= 4 is 13.7 Å². The maximum Gasteiger partial charge on any atom is 0.336 e. The van der Waals surface area contributed by atoms with E-state index >= 15 is 0 Å². The molecule has 0 saturated heterocycles. The zero-order chi connectivity index (χ0) is 16.3. The Hall–Kier alpha value is -0.890. The van der Waals surface area contributed by atoms with Crippen molar-refractivity contribution < 1.29 is 13.6 Å². The van der Waals surface area contributed by atoms with Gasteiger partial charge in [-0.05, 0) is 52.7 Å². The summed E-state index contributed by atoms with van der Waals surface area (Å²) in [7, 11) is -3.23. The van der Waals surface area contributed by atoms with Crippen molar-refractivity contribution in [3.05, 3.63) is 42.0 Å². The van der Waals surface area contributed by atoms with Crippen LogP contribution in [0, 0.1) is 0 Å². The van der Waals surface area contributed by atoms with Gasteiger partial charge in [0, 0.05) is 0 Å². The average Bonchev–Trinajstić information content (AvgIpc) is 2.24. The molecule has 0 fully saturated rings. The van der Waals surface area contributed by atoms with Crippen molar-refractivity contribution in [2.24, 2.45) is 0 Å². The minimum atomic E-state index is -3.23. The van der Waals surface area contributed by atoms with Crippen LogP contribution >= 0.6 is 7.60 Å². The topological polar surface area (TPSA) is 35.5 Å². The lowest BCUT2D eigenvalue weighted by atomic mass is 10.1. The lowest BCUT2D eigenvalue weighted by molar-refractivity contribution is 0.0485. The first kappa shape index (κ1) is 18.2. The lowest BCUT2D eigenvalue weighted by Crippen LogP contribution is -2.24. The van der Waals surface area contributed by atoms with E-state index in [1.54, 1.807) is 6.08 Å². The Balaban J connectivity index is 3.00. The third kappa shape index (κ3) is 7.08. The van der Waals surface area contributed by atoms with Gasteiger partial charge in [-0.3, -0.25) is 4.57 Å². The highest BCUT2D eigenvalue weighted by atomic mass is 31.2. The van der Waals surface area contributed by atoms with Gasteiger partial charge in [-0.15, -0.1) is 0 Å². The first-order chi connectivity index (χ1) is 9.42. The van der Waals surface area contributed by atoms with Crippen LogP contribution in [-0.2, 0) is 19.8 Å². The van der Waals surface area contributed by atoms with Gasteiger partial charge in [0.05, 0.1) is 17.4 Å². The maximum absolute atomic E-state index is 13.1. The summed E-state index contributed by atoms with van der Waals surface area (Å²) in [5.74, 6) is 0. The monoisotopic (exact) mass is 310 g/mol. The van der Waals surface area contributed by atoms with Gasteiger partial charge < -0.3 is 9.05 Å². The van der Waals surface area contributed by atoms with Gasteiger partial charge in [0.25, 0.3) is 0 Å². The molecule has 0 aromatic heterocycles. The van der Waals surface area contributed by atoms with Crippen molar-refractivity contribution in [3.8, 4) is 0 Å². The summed E-state index contributed by atoms with van der Waals surface area (Å²) in [4.78, 5) is 0. The Morgan fingerprint density at radius 1 is 1.00 bits per heavy atom. The van der Waals surface area contributed by atoms with E-state index in [0.29, 0.717) is 0 Å². The van der Waals surface area contributed by atoms with Gasteiger partial charge in [0.2, 0.25) is 0 Å². The molecular formula is C17H27O3P. The maximum atomic E-state index is 13.1. The fourth-order valence-electron chi connectivity index (χ4n) is 1.90. The van der Waals surface area contributed by atoms with E-state index in [1.807, 2.05) is 65.8 Å². The second-order valence-corrected chi connectivity index (χ2v) is 9.03. The van der Waals surface area contributed by atoms with Gasteiger partial charge in [-0.2, -0.15) is 0 Å². The Labute approximate surface area is 128 Å². The molecule has 0 unspecified atom stereocenters. The average molecular weight is 310 g/mol. The summed E-state index contributed by atoms with van der Waals surface area (Å²) in [5.41, 5.74) is 0.906. The van der Waals surface area contributed by atoms with Crippen LogP contribution in [0.5, 0.6) is 0 Å². The quantitative estimate of drug-likeness (QED) is 0.659. The Bertz CT molecular complexity index is 498. The molecule has 4 heteroatoms. The largest absolute Gasteiger partial charge is 0.336 e. The van der Waals surface area contributed by atoms with Crippen LogP contribution in [0.2, 0.25) is 0 Å². The molecule has 1 aromatic rings. The first-order valence-electron chi connectivity index (χ1n) is 7.14. The van der Waals surface area contributed by atoms with Crippen LogP contribution in [0.1, 0.15) is 52.7 Å². The second kappa shape index (κ2) is 6.48. The van der Waals surface area contributed by atoms with Gasteiger partial charge in [-0.25, -0.2) is 0 Å². The van der Waals surface area contributed by atoms with Crippen LogP contribution in [0.15, 0.2) is 30.8 Å². The van der Waals surface area contributed by atoms with E-state index < -0.39 is 18.8 Å². The van der Waals surface area contributed by atoms with Crippen molar-refractivity contribution in [2.45, 2.75) is 58.9 Å². The molecule has 0 aliphatic rings. The molecule has 0 bridgehead atoms. The summed E-state index contributed by atoms with van der Waals surface area (Å²) < 4.78 is 24.7. The molecular weight excluding hydrogens is 283 g/mol. The van der Waals surface area contributed by atoms with Crippen molar-refractivity contribution in [1.82, 2.24) is 0 Å². The first-order valence-corrected chi connectivity index (χ1v) is 8.87. The van der Waals surface area contributed by atoms with Gasteiger partial charge in [0.1, 0.15) is 0 Å². The second-order valence-electron chi connectivity index (χ2n) is 7.12. The van der Waals surface area contributed by atoms with Crippen molar-refractivity contribution in [2.75, 3.05) is 0 Å². The molecule has 1 aromatic carbocycles. The predicted molar refractivity (Wildman–Crippen MR) is 89.5 cm³/mol. The van der Waals surface area contributed by atoms with E-state index in [1.165, 1.54) is 0 Å². The highest BCUT2D eigenvalue weighted by Gasteiger charge is 2.35. The van der Waals surface area contributed by atoms with Crippen LogP contribution in [0.4, 0.5) is 0 Å². The fraction of sp³-hybridized carbons (Fsp3) is 0.529. The molecule has 0 saturated carbocycles. The molecule has 0 aliphatic heterocycles. The molecule has 21 heavy (non-hydrogen) atoms. The van der Waals surface area contributed by atoms with E-state index in [2.05, 4.69) is 6.58 Å². The number of hydrogen-bond donors (Lipinski definition) is 0. The Morgan fingerprint density at radius 2 is 1.43 bits per heavy atom. The Morgan fingerprint density at radius 3 is 1.76 bits per heavy atom. The molecule has 118 valence electrons. The standard InChI is InChI=1S/C17H27O3P/c1-8-14-9-11-15(12-10-14)13-21(18,19-16(2,3)4)20-17(5,6)7/h8-12H,1,13H2,2-7H3. The zero-order valence-corrected chi connectivity index (χ0v) is 14.9. The normalized spacial score (nSPS) is 13.2. The Kier molecular flexibility index (Phi) is 5.60. The van der Waals surface area contributed by atoms with E-state index in [-0.39, 0.29) is 6.16 Å². The summed E-state index contributed by atoms with van der Waals surface area (Å²) in [6, 6.07) is 7.76. The van der Waals surface area contributed by atoms with E-state index in [0.717, 1.165) is 11.1 Å². The molecule has 0 amide bonds. The van der Waals surface area contributed by atoms with Crippen molar-refractivity contribution in [3.63, 3.8) is 0 Å². The van der Waals surface area contributed by atoms with Crippen LogP contribution in [-0.4, -0.2) is 11.2 Å². The number of rotatable bonds is 5. The van der Waals surface area contributed by atoms with Gasteiger partial charge >= 0.3 is 7.60 Å². The lowest BCUT2D eigenvalue weighted by Gasteiger charge is -2.32. The van der Waals surface area contributed by atoms with Gasteiger partial charge in [0.15, 0.2) is 0 Å². The molecule has 3 nitrogen and oxygen atoms in total. The fourth-order valence-corrected chi connectivity index (χ4v) is 4.39. The highest BCUT2D eigenvalue weighted by molar-refractivity contribution is 7.53. The van der Waals surface area contributed by atoms with Crippen molar-refractivity contribution in [1.29, 1.82) is 0 Å². The minimum Gasteiger partial charge on any atom is -0.303 e. The summed E-state index contributed by atoms with van der Waals surface area (Å²) in [5, 5.41) is 0. The van der Waals surface area contributed by atoms with Crippen LogP contribution in [0.3, 0.4) is 0 Å². The van der Waals surface area contributed by atoms with Crippen LogP contribution in [0.25, 0.3) is 6.08 Å². The molecule has 1 rings (SSSR count). The predicted octanol–water partition coefficient (Wildman–Crippen LogP) is 5.65. The zero-order valence-electron chi connectivity index (χ0n) is 14.0. The number of benzene rings is 1. The summed E-state index contributed by atoms with van der Waals surface area (Å²) in [6.45, 7) is 15.0. The smallest absolute Gasteiger partial charge is 0.303 e. The highest BCUT2D eigenvalue weighted by Crippen LogP contribution is 2.56. The van der Waals surface area contributed by atoms with E-state index in [9.17, 15) is 4.57 Å². The van der Waals surface area contributed by atoms with Crippen LogP contribution < -0.4 is 0 Å². The van der Waals surface area contributed by atoms with Gasteiger partial charge in [-0.1, -0.05) is 36.9 Å². The third-order valence-corrected chi connectivity index (χ3v) is 4.82. The number of hydrogen-bond acceptors (Lipinski definition) is 3. The summed E-state index contributed by atoms with van der Waals surface area (Å²) >= 11 is 0. The minimum absolute atomic E-state index is 0.263. The summed E-state index contributed by atoms with van der Waals surface area (Å²) in [6.07, 6.45) is 2.04. The molecule has 0 N–H and O–H groups in total. The molecule has 0 spiro atoms. The molecule has 0 heterocycles. The SMILES string of the molecule is C=Cc1ccc(CP(=O)(OC(C)(C)C)OC(C)(C)C)cc1. The molecule has 0 aliphatic carbocycles.